The predicted molar refractivity (Wildman–Crippen MR) is 101 cm³/mol. The molecular formula is C17H29ClN2O2Si. The molecule has 2 N–H and O–H groups in total. The fraction of sp³-hybridized carbons (Fsp3) is 0.588. The number of nitrogens with one attached hydrogen (secondary N) is 1. The Hall–Kier alpha value is -1.04. The number of anilines is 1. The third-order valence-corrected chi connectivity index (χ3v) is 9.08. The Kier molecular flexibility index (Phi) is 7.57. The van der Waals surface area contributed by atoms with Crippen LogP contribution in [0.2, 0.25) is 23.2 Å². The zero-order valence-corrected chi connectivity index (χ0v) is 16.6. The van der Waals surface area contributed by atoms with Gasteiger partial charge in [0, 0.05) is 23.7 Å². The Bertz CT molecular complexity index is 528. The van der Waals surface area contributed by atoms with E-state index in [-0.39, 0.29) is 5.04 Å². The molecule has 6 heteroatoms. The predicted octanol–water partition coefficient (Wildman–Crippen LogP) is 5.73. The maximum Gasteiger partial charge on any atom is 0.191 e. The van der Waals surface area contributed by atoms with E-state index in [1.807, 2.05) is 12.1 Å². The Balaban J connectivity index is 2.34. The minimum Gasteiger partial charge on any atom is -0.417 e. The molecule has 1 aromatic rings. The van der Waals surface area contributed by atoms with Crippen LogP contribution in [0.3, 0.4) is 0 Å². The molecule has 0 heterocycles. The van der Waals surface area contributed by atoms with Crippen LogP contribution in [0.5, 0.6) is 0 Å². The molecule has 23 heavy (non-hydrogen) atoms. The summed E-state index contributed by atoms with van der Waals surface area (Å²) in [7, 11) is -1.67. The molecule has 0 bridgehead atoms. The van der Waals surface area contributed by atoms with Crippen molar-refractivity contribution in [3.63, 3.8) is 0 Å². The van der Waals surface area contributed by atoms with Gasteiger partial charge in [0.15, 0.2) is 8.32 Å². The molecule has 0 aliphatic rings. The van der Waals surface area contributed by atoms with Gasteiger partial charge in [-0.05, 0) is 49.2 Å². The Labute approximate surface area is 146 Å². The normalized spacial score (nSPS) is 13.2. The van der Waals surface area contributed by atoms with Gasteiger partial charge < -0.3 is 15.0 Å². The summed E-state index contributed by atoms with van der Waals surface area (Å²) in [6.45, 7) is 12.0. The van der Waals surface area contributed by atoms with Gasteiger partial charge in [-0.15, -0.1) is 0 Å². The molecule has 0 amide bonds. The Morgan fingerprint density at radius 3 is 2.57 bits per heavy atom. The van der Waals surface area contributed by atoms with Crippen LogP contribution in [-0.2, 0) is 4.43 Å². The third kappa shape index (κ3) is 6.93. The summed E-state index contributed by atoms with van der Waals surface area (Å²) in [5, 5.41) is 16.4. The summed E-state index contributed by atoms with van der Waals surface area (Å²) < 4.78 is 6.14. The van der Waals surface area contributed by atoms with Crippen molar-refractivity contribution in [2.24, 2.45) is 5.16 Å². The molecule has 0 aliphatic carbocycles. The molecule has 0 saturated carbocycles. The van der Waals surface area contributed by atoms with Crippen LogP contribution < -0.4 is 5.32 Å². The SMILES string of the molecule is CC(C)(C)[Si](C)(C)OCCCC/C(=N/O)Nc1cccc(Cl)c1. The van der Waals surface area contributed by atoms with E-state index in [4.69, 9.17) is 21.2 Å². The van der Waals surface area contributed by atoms with Crippen LogP contribution in [0, 0.1) is 0 Å². The summed E-state index contributed by atoms with van der Waals surface area (Å²) in [6.07, 6.45) is 2.52. The lowest BCUT2D eigenvalue weighted by Crippen LogP contribution is -2.40. The molecule has 0 spiro atoms. The lowest BCUT2D eigenvalue weighted by atomic mass is 10.2. The van der Waals surface area contributed by atoms with Crippen molar-refractivity contribution in [1.82, 2.24) is 0 Å². The van der Waals surface area contributed by atoms with Crippen molar-refractivity contribution < 1.29 is 9.63 Å². The lowest BCUT2D eigenvalue weighted by molar-refractivity contribution is 0.279. The van der Waals surface area contributed by atoms with Crippen molar-refractivity contribution in [3.05, 3.63) is 29.3 Å². The first kappa shape index (κ1) is 20.0. The number of amidine groups is 1. The smallest absolute Gasteiger partial charge is 0.191 e. The Morgan fingerprint density at radius 2 is 2.00 bits per heavy atom. The van der Waals surface area contributed by atoms with Gasteiger partial charge in [-0.2, -0.15) is 0 Å². The Morgan fingerprint density at radius 1 is 1.30 bits per heavy atom. The summed E-state index contributed by atoms with van der Waals surface area (Å²) >= 11 is 5.94. The first-order chi connectivity index (χ1) is 10.7. The maximum absolute atomic E-state index is 9.12. The molecule has 0 radical (unpaired) electrons. The number of hydrogen-bond acceptors (Lipinski definition) is 3. The second-order valence-electron chi connectivity index (χ2n) is 7.25. The second kappa shape index (κ2) is 8.71. The van der Waals surface area contributed by atoms with E-state index < -0.39 is 8.32 Å². The van der Waals surface area contributed by atoms with Gasteiger partial charge in [-0.3, -0.25) is 0 Å². The van der Waals surface area contributed by atoms with Gasteiger partial charge in [0.05, 0.1) is 0 Å². The second-order valence-corrected chi connectivity index (χ2v) is 12.5. The van der Waals surface area contributed by atoms with Crippen molar-refractivity contribution in [2.45, 2.75) is 58.2 Å². The summed E-state index contributed by atoms with van der Waals surface area (Å²) in [5.74, 6) is 0.541. The zero-order chi connectivity index (χ0) is 17.5. The van der Waals surface area contributed by atoms with E-state index in [2.05, 4.69) is 44.3 Å². The molecule has 0 aromatic heterocycles. The van der Waals surface area contributed by atoms with Crippen LogP contribution in [-0.4, -0.2) is 26.0 Å². The van der Waals surface area contributed by atoms with E-state index in [1.165, 1.54) is 0 Å². The van der Waals surface area contributed by atoms with Crippen LogP contribution >= 0.6 is 11.6 Å². The van der Waals surface area contributed by atoms with E-state index >= 15 is 0 Å². The highest BCUT2D eigenvalue weighted by Crippen LogP contribution is 2.36. The maximum atomic E-state index is 9.12. The monoisotopic (exact) mass is 356 g/mol. The number of halogens is 1. The number of nitrogens with zero attached hydrogens (tertiary/aromatic N) is 1. The number of hydrogen-bond donors (Lipinski definition) is 2. The molecule has 0 fully saturated rings. The molecule has 1 aromatic carbocycles. The van der Waals surface area contributed by atoms with E-state index in [1.54, 1.807) is 12.1 Å². The molecule has 4 nitrogen and oxygen atoms in total. The molecule has 1 rings (SSSR count). The van der Waals surface area contributed by atoms with Crippen LogP contribution in [0.4, 0.5) is 5.69 Å². The highest BCUT2D eigenvalue weighted by molar-refractivity contribution is 6.74. The molecule has 0 unspecified atom stereocenters. The van der Waals surface area contributed by atoms with Gasteiger partial charge >= 0.3 is 0 Å². The highest BCUT2D eigenvalue weighted by Gasteiger charge is 2.36. The standard InChI is InChI=1S/C17H29ClN2O2Si/c1-17(2,3)23(4,5)22-12-7-6-11-16(20-21)19-15-10-8-9-14(18)13-15/h8-10,13,21H,6-7,11-12H2,1-5H3,(H,19,20). The van der Waals surface area contributed by atoms with E-state index in [0.29, 0.717) is 17.3 Å². The number of unbranched alkanes of at least 4 members (excludes halogenated alkanes) is 1. The average Bonchev–Trinajstić information content (AvgIpc) is 2.44. The molecule has 0 aliphatic heterocycles. The quantitative estimate of drug-likeness (QED) is 0.164. The van der Waals surface area contributed by atoms with Gasteiger partial charge in [-0.25, -0.2) is 0 Å². The summed E-state index contributed by atoms with van der Waals surface area (Å²) in [6, 6.07) is 7.35. The summed E-state index contributed by atoms with van der Waals surface area (Å²) in [5.41, 5.74) is 0.822. The zero-order valence-electron chi connectivity index (χ0n) is 14.8. The van der Waals surface area contributed by atoms with Crippen LogP contribution in [0.15, 0.2) is 29.4 Å². The van der Waals surface area contributed by atoms with Crippen molar-refractivity contribution in [1.29, 1.82) is 0 Å². The van der Waals surface area contributed by atoms with Crippen molar-refractivity contribution in [3.8, 4) is 0 Å². The number of oxime groups is 1. The topological polar surface area (TPSA) is 53.9 Å². The third-order valence-electron chi connectivity index (χ3n) is 4.31. The fourth-order valence-corrected chi connectivity index (χ4v) is 3.09. The van der Waals surface area contributed by atoms with E-state index in [0.717, 1.165) is 25.1 Å². The molecule has 0 atom stereocenters. The first-order valence-corrected chi connectivity index (χ1v) is 11.3. The van der Waals surface area contributed by atoms with Gasteiger partial charge in [0.1, 0.15) is 5.84 Å². The highest BCUT2D eigenvalue weighted by atomic mass is 35.5. The fourth-order valence-electron chi connectivity index (χ4n) is 1.81. The first-order valence-electron chi connectivity index (χ1n) is 8.03. The molecule has 130 valence electrons. The summed E-state index contributed by atoms with van der Waals surface area (Å²) in [4.78, 5) is 0. The number of benzene rings is 1. The lowest BCUT2D eigenvalue weighted by Gasteiger charge is -2.36. The minimum atomic E-state index is -1.67. The molecule has 0 saturated heterocycles. The minimum absolute atomic E-state index is 0.235. The van der Waals surface area contributed by atoms with Crippen LogP contribution in [0.25, 0.3) is 0 Å². The van der Waals surface area contributed by atoms with Gasteiger partial charge in [0.2, 0.25) is 0 Å². The van der Waals surface area contributed by atoms with Gasteiger partial charge in [-0.1, -0.05) is 43.6 Å². The van der Waals surface area contributed by atoms with Gasteiger partial charge in [0.25, 0.3) is 0 Å². The average molecular weight is 357 g/mol. The number of rotatable bonds is 7. The van der Waals surface area contributed by atoms with Crippen LogP contribution in [0.1, 0.15) is 40.0 Å². The van der Waals surface area contributed by atoms with Crippen molar-refractivity contribution >= 4 is 31.4 Å². The van der Waals surface area contributed by atoms with Crippen molar-refractivity contribution in [2.75, 3.05) is 11.9 Å². The van der Waals surface area contributed by atoms with E-state index in [9.17, 15) is 0 Å². The largest absolute Gasteiger partial charge is 0.417 e. The molecular weight excluding hydrogens is 328 g/mol.